The van der Waals surface area contributed by atoms with Gasteiger partial charge in [-0.25, -0.2) is 9.78 Å². The Bertz CT molecular complexity index is 1110. The van der Waals surface area contributed by atoms with Gasteiger partial charge in [0.15, 0.2) is 0 Å². The number of aromatic nitrogens is 2. The Balaban J connectivity index is 1.60. The first-order chi connectivity index (χ1) is 16.9. The van der Waals surface area contributed by atoms with E-state index in [1.807, 2.05) is 38.7 Å². The van der Waals surface area contributed by atoms with Crippen molar-refractivity contribution >= 4 is 29.2 Å². The summed E-state index contributed by atoms with van der Waals surface area (Å²) in [6.45, 7) is 16.0. The minimum Gasteiger partial charge on any atom is -0.444 e. The van der Waals surface area contributed by atoms with Gasteiger partial charge in [0.25, 0.3) is 0 Å². The van der Waals surface area contributed by atoms with Crippen molar-refractivity contribution < 1.29 is 14.3 Å². The molecule has 0 bridgehead atoms. The molecular weight excluding hydrogens is 456 g/mol. The molecule has 4 rings (SSSR count). The molecule has 194 valence electrons. The first-order valence-electron chi connectivity index (χ1n) is 12.7. The topological polar surface area (TPSA) is 90.9 Å². The molecule has 9 nitrogen and oxygen atoms in total. The SMILES string of the molecule is CC(=O)N1c2ccc(N3CCN(C(=O)OC(C)(C)C)CC3)cc2[C@H](Nc2cnc(C)cn2)[C@@H](C)[C@@H]1C. The molecular formula is C27H38N6O3. The summed E-state index contributed by atoms with van der Waals surface area (Å²) in [5.74, 6) is 0.884. The van der Waals surface area contributed by atoms with Crippen LogP contribution in [0.3, 0.4) is 0 Å². The molecule has 2 amide bonds. The van der Waals surface area contributed by atoms with Crippen molar-refractivity contribution in [2.75, 3.05) is 41.3 Å². The first-order valence-corrected chi connectivity index (χ1v) is 12.7. The van der Waals surface area contributed by atoms with Crippen molar-refractivity contribution in [3.05, 3.63) is 41.9 Å². The average Bonchev–Trinajstić information content (AvgIpc) is 2.82. The molecule has 1 aromatic heterocycles. The number of rotatable bonds is 3. The molecule has 0 saturated carbocycles. The fourth-order valence-electron chi connectivity index (χ4n) is 4.99. The highest BCUT2D eigenvalue weighted by atomic mass is 16.6. The number of benzene rings is 1. The van der Waals surface area contributed by atoms with Crippen LogP contribution in [0.2, 0.25) is 0 Å². The van der Waals surface area contributed by atoms with Crippen LogP contribution in [0.25, 0.3) is 0 Å². The highest BCUT2D eigenvalue weighted by Crippen LogP contribution is 2.44. The Morgan fingerprint density at radius 1 is 1.06 bits per heavy atom. The van der Waals surface area contributed by atoms with Gasteiger partial charge in [0.1, 0.15) is 11.4 Å². The van der Waals surface area contributed by atoms with Gasteiger partial charge in [-0.15, -0.1) is 0 Å². The smallest absolute Gasteiger partial charge is 0.410 e. The van der Waals surface area contributed by atoms with E-state index in [9.17, 15) is 9.59 Å². The summed E-state index contributed by atoms with van der Waals surface area (Å²) in [5.41, 5.74) is 3.41. The Hall–Kier alpha value is -3.36. The molecule has 1 aromatic carbocycles. The standard InChI is InChI=1S/C27H38N6O3/c1-17-15-29-24(16-28-17)30-25-18(2)19(3)33(20(4)34)23-9-8-21(14-22(23)25)31-10-12-32(13-11-31)26(35)36-27(5,6)7/h8-9,14-16,18-19,25H,10-13H2,1-7H3,(H,29,30)/t18-,19-,25+/m0/s1. The molecule has 2 aliphatic heterocycles. The summed E-state index contributed by atoms with van der Waals surface area (Å²) in [5, 5.41) is 3.58. The second-order valence-electron chi connectivity index (χ2n) is 10.9. The van der Waals surface area contributed by atoms with E-state index in [1.165, 1.54) is 0 Å². The minimum absolute atomic E-state index is 0.0223. The zero-order valence-electron chi connectivity index (χ0n) is 22.4. The summed E-state index contributed by atoms with van der Waals surface area (Å²) in [6.07, 6.45) is 3.24. The lowest BCUT2D eigenvalue weighted by Gasteiger charge is -2.44. The van der Waals surface area contributed by atoms with Crippen LogP contribution in [0.4, 0.5) is 22.0 Å². The third-order valence-electron chi connectivity index (χ3n) is 7.02. The van der Waals surface area contributed by atoms with Gasteiger partial charge in [0.2, 0.25) is 5.91 Å². The fourth-order valence-corrected chi connectivity index (χ4v) is 4.99. The minimum atomic E-state index is -0.507. The molecule has 36 heavy (non-hydrogen) atoms. The number of anilines is 3. The molecule has 3 atom stereocenters. The fraction of sp³-hybridized carbons (Fsp3) is 0.556. The zero-order chi connectivity index (χ0) is 26.2. The number of hydrogen-bond donors (Lipinski definition) is 1. The molecule has 0 aliphatic carbocycles. The van der Waals surface area contributed by atoms with E-state index in [1.54, 1.807) is 24.2 Å². The van der Waals surface area contributed by atoms with Crippen LogP contribution in [0.5, 0.6) is 0 Å². The van der Waals surface area contributed by atoms with Gasteiger partial charge in [-0.3, -0.25) is 9.78 Å². The number of carbonyl (C=O) groups excluding carboxylic acids is 2. The van der Waals surface area contributed by atoms with E-state index in [0.29, 0.717) is 32.0 Å². The maximum absolute atomic E-state index is 12.6. The second kappa shape index (κ2) is 9.95. The van der Waals surface area contributed by atoms with Crippen molar-refractivity contribution in [3.8, 4) is 0 Å². The Morgan fingerprint density at radius 3 is 2.33 bits per heavy atom. The molecule has 2 aromatic rings. The van der Waals surface area contributed by atoms with E-state index in [4.69, 9.17) is 4.74 Å². The largest absolute Gasteiger partial charge is 0.444 e. The summed E-state index contributed by atoms with van der Waals surface area (Å²) < 4.78 is 5.54. The quantitative estimate of drug-likeness (QED) is 0.677. The molecule has 2 aliphatic rings. The van der Waals surface area contributed by atoms with Gasteiger partial charge in [-0.05, 0) is 52.8 Å². The Labute approximate surface area is 213 Å². The van der Waals surface area contributed by atoms with E-state index < -0.39 is 5.60 Å². The number of fused-ring (bicyclic) bond motifs is 1. The third-order valence-corrected chi connectivity index (χ3v) is 7.02. The number of nitrogens with zero attached hydrogens (tertiary/aromatic N) is 5. The van der Waals surface area contributed by atoms with Crippen LogP contribution in [0.1, 0.15) is 58.8 Å². The van der Waals surface area contributed by atoms with E-state index in [2.05, 4.69) is 46.2 Å². The van der Waals surface area contributed by atoms with E-state index >= 15 is 0 Å². The van der Waals surface area contributed by atoms with Crippen LogP contribution in [0, 0.1) is 12.8 Å². The van der Waals surface area contributed by atoms with Crippen LogP contribution in [-0.2, 0) is 9.53 Å². The Kier molecular flexibility index (Phi) is 7.11. The number of piperazine rings is 1. The van der Waals surface area contributed by atoms with Gasteiger partial charge in [0, 0.05) is 62.0 Å². The summed E-state index contributed by atoms with van der Waals surface area (Å²) in [4.78, 5) is 39.9. The maximum atomic E-state index is 12.6. The predicted octanol–water partition coefficient (Wildman–Crippen LogP) is 4.39. The summed E-state index contributed by atoms with van der Waals surface area (Å²) in [7, 11) is 0. The lowest BCUT2D eigenvalue weighted by molar-refractivity contribution is -0.117. The number of amides is 2. The lowest BCUT2D eigenvalue weighted by Crippen LogP contribution is -2.50. The number of ether oxygens (including phenoxy) is 1. The molecule has 0 spiro atoms. The highest BCUT2D eigenvalue weighted by molar-refractivity contribution is 5.94. The van der Waals surface area contributed by atoms with Crippen LogP contribution >= 0.6 is 0 Å². The van der Waals surface area contributed by atoms with Crippen molar-refractivity contribution in [2.24, 2.45) is 5.92 Å². The highest BCUT2D eigenvalue weighted by Gasteiger charge is 2.39. The van der Waals surface area contributed by atoms with Crippen molar-refractivity contribution in [1.29, 1.82) is 0 Å². The molecule has 1 saturated heterocycles. The molecule has 1 fully saturated rings. The number of carbonyl (C=O) groups is 2. The third kappa shape index (κ3) is 5.39. The van der Waals surface area contributed by atoms with Gasteiger partial charge in [0.05, 0.1) is 24.1 Å². The van der Waals surface area contributed by atoms with E-state index in [0.717, 1.165) is 22.6 Å². The molecule has 3 heterocycles. The summed E-state index contributed by atoms with van der Waals surface area (Å²) in [6, 6.07) is 6.28. The normalized spacial score (nSPS) is 22.2. The molecule has 1 N–H and O–H groups in total. The van der Waals surface area contributed by atoms with Crippen LogP contribution in [0.15, 0.2) is 30.6 Å². The van der Waals surface area contributed by atoms with E-state index in [-0.39, 0.29) is 30.0 Å². The van der Waals surface area contributed by atoms with Gasteiger partial charge in [-0.1, -0.05) is 6.92 Å². The van der Waals surface area contributed by atoms with Crippen molar-refractivity contribution in [3.63, 3.8) is 0 Å². The zero-order valence-corrected chi connectivity index (χ0v) is 22.4. The van der Waals surface area contributed by atoms with Gasteiger partial charge in [-0.2, -0.15) is 0 Å². The predicted molar refractivity (Wildman–Crippen MR) is 141 cm³/mol. The van der Waals surface area contributed by atoms with Crippen molar-refractivity contribution in [1.82, 2.24) is 14.9 Å². The lowest BCUT2D eigenvalue weighted by atomic mass is 9.82. The monoisotopic (exact) mass is 494 g/mol. The van der Waals surface area contributed by atoms with Gasteiger partial charge >= 0.3 is 6.09 Å². The second-order valence-corrected chi connectivity index (χ2v) is 10.9. The van der Waals surface area contributed by atoms with Crippen LogP contribution in [-0.4, -0.2) is 64.7 Å². The first kappa shape index (κ1) is 25.7. The molecule has 9 heteroatoms. The Morgan fingerprint density at radius 2 is 1.75 bits per heavy atom. The number of nitrogens with one attached hydrogen (secondary N) is 1. The number of aryl methyl sites for hydroxylation is 1. The van der Waals surface area contributed by atoms with Gasteiger partial charge < -0.3 is 24.8 Å². The average molecular weight is 495 g/mol. The number of hydrogen-bond acceptors (Lipinski definition) is 7. The van der Waals surface area contributed by atoms with Crippen LogP contribution < -0.4 is 15.1 Å². The molecule has 0 unspecified atom stereocenters. The van der Waals surface area contributed by atoms with Crippen molar-refractivity contribution in [2.45, 2.75) is 66.2 Å². The molecule has 0 radical (unpaired) electrons. The maximum Gasteiger partial charge on any atom is 0.410 e. The summed E-state index contributed by atoms with van der Waals surface area (Å²) >= 11 is 0.